The van der Waals surface area contributed by atoms with Gasteiger partial charge in [-0.05, 0) is 12.5 Å². The van der Waals surface area contributed by atoms with Crippen molar-refractivity contribution in [3.05, 3.63) is 35.9 Å². The van der Waals surface area contributed by atoms with Crippen LogP contribution in [0.4, 0.5) is 0 Å². The molecule has 1 aromatic rings. The summed E-state index contributed by atoms with van der Waals surface area (Å²) in [5.74, 6) is 0. The van der Waals surface area contributed by atoms with E-state index in [4.69, 9.17) is 0 Å². The molecule has 2 nitrogen and oxygen atoms in total. The largest absolute Gasteiger partial charge is 0.217 e. The lowest BCUT2D eigenvalue weighted by Gasteiger charge is -1.92. The van der Waals surface area contributed by atoms with Crippen molar-refractivity contribution in [1.82, 2.24) is 0 Å². The molecule has 0 bridgehead atoms. The maximum absolute atomic E-state index is 10.5. The number of rotatable bonds is 1. The maximum Gasteiger partial charge on any atom is 0.217 e. The van der Waals surface area contributed by atoms with E-state index in [1.54, 1.807) is 19.1 Å². The molecule has 0 saturated heterocycles. The van der Waals surface area contributed by atoms with Crippen LogP contribution in [0, 0.1) is 0 Å². The Labute approximate surface area is 67.0 Å². The summed E-state index contributed by atoms with van der Waals surface area (Å²) in [6.07, 6.45) is 0. The molecule has 58 valence electrons. The van der Waals surface area contributed by atoms with Crippen LogP contribution in [0.5, 0.6) is 0 Å². The lowest BCUT2D eigenvalue weighted by Crippen LogP contribution is -1.93. The van der Waals surface area contributed by atoms with Crippen LogP contribution >= 0.6 is 0 Å². The third kappa shape index (κ3) is 1.91. The van der Waals surface area contributed by atoms with Crippen LogP contribution in [0.15, 0.2) is 30.3 Å². The van der Waals surface area contributed by atoms with Gasteiger partial charge in [-0.15, -0.1) is 0 Å². The molecule has 0 aliphatic carbocycles. The molecule has 0 heterocycles. The van der Waals surface area contributed by atoms with Gasteiger partial charge in [-0.1, -0.05) is 30.3 Å². The summed E-state index contributed by atoms with van der Waals surface area (Å²) in [4.78, 5) is 0.380. The van der Waals surface area contributed by atoms with E-state index in [0.717, 1.165) is 5.56 Å². The second kappa shape index (κ2) is 3.34. The van der Waals surface area contributed by atoms with Crippen molar-refractivity contribution in [1.29, 1.82) is 0 Å². The van der Waals surface area contributed by atoms with Crippen molar-refractivity contribution in [3.63, 3.8) is 0 Å². The second-order valence-corrected chi connectivity index (χ2v) is 3.24. The van der Waals surface area contributed by atoms with Gasteiger partial charge in [0.1, 0.15) is 0 Å². The van der Waals surface area contributed by atoms with Crippen molar-refractivity contribution < 1.29 is 8.42 Å². The molecule has 0 unspecified atom stereocenters. The van der Waals surface area contributed by atoms with Crippen LogP contribution in [0.3, 0.4) is 0 Å². The van der Waals surface area contributed by atoms with Gasteiger partial charge < -0.3 is 0 Å². The SMILES string of the molecule is CC(c1ccccc1)=S(=O)=O. The highest BCUT2D eigenvalue weighted by molar-refractivity contribution is 7.73. The zero-order valence-electron chi connectivity index (χ0n) is 6.11. The first-order valence-corrected chi connectivity index (χ1v) is 4.27. The Bertz CT molecular complexity index is 354. The topological polar surface area (TPSA) is 34.1 Å². The van der Waals surface area contributed by atoms with E-state index < -0.39 is 10.3 Å². The number of benzene rings is 1. The smallest absolute Gasteiger partial charge is 0.184 e. The van der Waals surface area contributed by atoms with E-state index in [1.807, 2.05) is 18.2 Å². The average Bonchev–Trinajstić information content (AvgIpc) is 2.05. The van der Waals surface area contributed by atoms with Gasteiger partial charge in [0.2, 0.25) is 10.3 Å². The van der Waals surface area contributed by atoms with Gasteiger partial charge in [0.15, 0.2) is 0 Å². The van der Waals surface area contributed by atoms with Crippen molar-refractivity contribution in [2.24, 2.45) is 0 Å². The summed E-state index contributed by atoms with van der Waals surface area (Å²) in [6.45, 7) is 1.58. The monoisotopic (exact) mass is 168 g/mol. The van der Waals surface area contributed by atoms with E-state index >= 15 is 0 Å². The zero-order chi connectivity index (χ0) is 8.27. The molecule has 0 fully saturated rings. The fourth-order valence-corrected chi connectivity index (χ4v) is 1.10. The first kappa shape index (κ1) is 8.01. The molecule has 1 rings (SSSR count). The van der Waals surface area contributed by atoms with Gasteiger partial charge in [-0.2, -0.15) is 8.42 Å². The zero-order valence-corrected chi connectivity index (χ0v) is 6.93. The molecule has 3 heteroatoms. The van der Waals surface area contributed by atoms with Crippen LogP contribution < -0.4 is 0 Å². The van der Waals surface area contributed by atoms with Gasteiger partial charge in [0, 0.05) is 0 Å². The summed E-state index contributed by atoms with van der Waals surface area (Å²) >= 11 is 0. The van der Waals surface area contributed by atoms with E-state index in [2.05, 4.69) is 0 Å². The molecule has 0 N–H and O–H groups in total. The minimum Gasteiger partial charge on any atom is -0.184 e. The highest BCUT2D eigenvalue weighted by Crippen LogP contribution is 1.98. The van der Waals surface area contributed by atoms with Crippen molar-refractivity contribution in [2.75, 3.05) is 0 Å². The molecule has 0 saturated carbocycles. The van der Waals surface area contributed by atoms with Crippen LogP contribution in [0.2, 0.25) is 0 Å². The summed E-state index contributed by atoms with van der Waals surface area (Å²) in [5, 5.41) is 0. The first-order valence-electron chi connectivity index (χ1n) is 3.20. The molecule has 1 aromatic carbocycles. The molecule has 11 heavy (non-hydrogen) atoms. The Morgan fingerprint density at radius 3 is 2.18 bits per heavy atom. The molecule has 0 aromatic heterocycles. The standard InChI is InChI=1S/C8H8O2S/c1-7(11(9)10)8-5-3-2-4-6-8/h2-6H,1H3. The van der Waals surface area contributed by atoms with Gasteiger partial charge in [-0.25, -0.2) is 0 Å². The Morgan fingerprint density at radius 2 is 1.73 bits per heavy atom. The van der Waals surface area contributed by atoms with E-state index in [9.17, 15) is 8.42 Å². The van der Waals surface area contributed by atoms with Crippen LogP contribution in [-0.4, -0.2) is 13.3 Å². The number of hydrogen-bond acceptors (Lipinski definition) is 2. The summed E-state index contributed by atoms with van der Waals surface area (Å²) in [6, 6.07) is 9.01. The average molecular weight is 168 g/mol. The molecule has 0 aliphatic heterocycles. The molecule has 0 atom stereocenters. The molecule has 0 amide bonds. The molecule has 0 radical (unpaired) electrons. The highest BCUT2D eigenvalue weighted by Gasteiger charge is 1.94. The predicted octanol–water partition coefficient (Wildman–Crippen LogP) is 1.11. The normalized spacial score (nSPS) is 9.18. The van der Waals surface area contributed by atoms with E-state index in [-0.39, 0.29) is 0 Å². The lowest BCUT2D eigenvalue weighted by molar-refractivity contribution is 0.627. The molecule has 0 spiro atoms. The highest BCUT2D eigenvalue weighted by atomic mass is 32.2. The van der Waals surface area contributed by atoms with Crippen molar-refractivity contribution in [3.8, 4) is 0 Å². The molecule has 0 aliphatic rings. The predicted molar refractivity (Wildman–Crippen MR) is 45.1 cm³/mol. The molecular weight excluding hydrogens is 160 g/mol. The third-order valence-corrected chi connectivity index (χ3v) is 2.17. The van der Waals surface area contributed by atoms with Crippen molar-refractivity contribution >= 4 is 15.2 Å². The van der Waals surface area contributed by atoms with E-state index in [1.165, 1.54) is 0 Å². The minimum absolute atomic E-state index is 0.380. The fraction of sp³-hybridized carbons (Fsp3) is 0.125. The fourth-order valence-electron chi connectivity index (χ4n) is 0.769. The first-order chi connectivity index (χ1) is 5.22. The Hall–Kier alpha value is -1.09. The minimum atomic E-state index is -2.09. The Morgan fingerprint density at radius 1 is 1.18 bits per heavy atom. The lowest BCUT2D eigenvalue weighted by atomic mass is 10.2. The van der Waals surface area contributed by atoms with Gasteiger partial charge in [0.05, 0.1) is 4.86 Å². The van der Waals surface area contributed by atoms with Crippen molar-refractivity contribution in [2.45, 2.75) is 6.92 Å². The van der Waals surface area contributed by atoms with Gasteiger partial charge >= 0.3 is 0 Å². The van der Waals surface area contributed by atoms with Crippen LogP contribution in [-0.2, 0) is 10.3 Å². The van der Waals surface area contributed by atoms with Gasteiger partial charge in [-0.3, -0.25) is 0 Å². The Balaban J connectivity index is 3.26. The maximum atomic E-state index is 10.5. The molecular formula is C8H8O2S. The number of hydrogen-bond donors (Lipinski definition) is 0. The summed E-state index contributed by atoms with van der Waals surface area (Å²) in [5.41, 5.74) is 0.751. The van der Waals surface area contributed by atoms with Crippen LogP contribution in [0.1, 0.15) is 12.5 Å². The van der Waals surface area contributed by atoms with Crippen LogP contribution in [0.25, 0.3) is 0 Å². The Kier molecular flexibility index (Phi) is 2.44. The van der Waals surface area contributed by atoms with E-state index in [0.29, 0.717) is 4.86 Å². The summed E-state index contributed by atoms with van der Waals surface area (Å²) in [7, 11) is -2.09. The second-order valence-electron chi connectivity index (χ2n) is 2.16. The van der Waals surface area contributed by atoms with Gasteiger partial charge in [0.25, 0.3) is 0 Å². The third-order valence-electron chi connectivity index (χ3n) is 1.43. The summed E-state index contributed by atoms with van der Waals surface area (Å²) < 4.78 is 20.9. The quantitative estimate of drug-likeness (QED) is 0.465.